The highest BCUT2D eigenvalue weighted by Crippen LogP contribution is 2.60. The van der Waals surface area contributed by atoms with Gasteiger partial charge in [-0.2, -0.15) is 0 Å². The minimum Gasteiger partial charge on any atom is -0.0622 e. The highest BCUT2D eigenvalue weighted by molar-refractivity contribution is 5.76. The summed E-state index contributed by atoms with van der Waals surface area (Å²) in [6.07, 6.45) is 8.85. The fraction of sp³-hybridized carbons (Fsp3) is 0.314. The van der Waals surface area contributed by atoms with Crippen LogP contribution < -0.4 is 0 Å². The van der Waals surface area contributed by atoms with Crippen molar-refractivity contribution < 1.29 is 0 Å². The van der Waals surface area contributed by atoms with Gasteiger partial charge in [-0.3, -0.25) is 0 Å². The van der Waals surface area contributed by atoms with E-state index in [0.717, 1.165) is 17.8 Å². The topological polar surface area (TPSA) is 0 Å². The Bertz CT molecular complexity index is 1310. The molecule has 0 heterocycles. The van der Waals surface area contributed by atoms with Gasteiger partial charge in [0.2, 0.25) is 0 Å². The van der Waals surface area contributed by atoms with Gasteiger partial charge in [0.05, 0.1) is 0 Å². The third-order valence-electron chi connectivity index (χ3n) is 9.27. The van der Waals surface area contributed by atoms with Crippen molar-refractivity contribution >= 4 is 0 Å². The summed E-state index contributed by atoms with van der Waals surface area (Å²) in [5, 5.41) is 0. The lowest BCUT2D eigenvalue weighted by atomic mass is 9.48. The lowest BCUT2D eigenvalue weighted by Gasteiger charge is -2.57. The maximum absolute atomic E-state index is 2.46. The summed E-state index contributed by atoms with van der Waals surface area (Å²) < 4.78 is 0. The summed E-state index contributed by atoms with van der Waals surface area (Å²) in [7, 11) is 0. The first-order valence-corrected chi connectivity index (χ1v) is 13.5. The van der Waals surface area contributed by atoms with Gasteiger partial charge >= 0.3 is 0 Å². The van der Waals surface area contributed by atoms with E-state index in [1.54, 1.807) is 5.56 Å². The summed E-state index contributed by atoms with van der Waals surface area (Å²) >= 11 is 0. The molecule has 0 spiro atoms. The number of rotatable bonds is 4. The molecule has 0 nitrogen and oxygen atoms in total. The summed E-state index contributed by atoms with van der Waals surface area (Å²) in [5.41, 5.74) is 11.2. The summed E-state index contributed by atoms with van der Waals surface area (Å²) in [6.45, 7) is 2.19. The Morgan fingerprint density at radius 3 is 1.43 bits per heavy atom. The molecule has 0 atom stereocenters. The predicted molar refractivity (Wildman–Crippen MR) is 147 cm³/mol. The zero-order chi connectivity index (χ0) is 23.4. The first-order chi connectivity index (χ1) is 17.1. The molecule has 4 aliphatic rings. The van der Waals surface area contributed by atoms with Crippen molar-refractivity contribution in [2.24, 2.45) is 17.8 Å². The largest absolute Gasteiger partial charge is 0.0622 e. The molecular weight excluding hydrogens is 420 g/mol. The second-order valence-corrected chi connectivity index (χ2v) is 11.8. The van der Waals surface area contributed by atoms with Crippen molar-refractivity contribution in [1.29, 1.82) is 0 Å². The van der Waals surface area contributed by atoms with Gasteiger partial charge in [0, 0.05) is 0 Å². The first kappa shape index (κ1) is 21.2. The monoisotopic (exact) mass is 454 g/mol. The Hall–Kier alpha value is -3.12. The Labute approximate surface area is 210 Å². The van der Waals surface area contributed by atoms with Crippen molar-refractivity contribution in [3.05, 3.63) is 108 Å². The number of benzene rings is 4. The first-order valence-electron chi connectivity index (χ1n) is 13.5. The van der Waals surface area contributed by atoms with Crippen molar-refractivity contribution in [2.75, 3.05) is 0 Å². The molecule has 0 heteroatoms. The lowest BCUT2D eigenvalue weighted by molar-refractivity contribution is -0.00518. The molecule has 0 aromatic heterocycles. The van der Waals surface area contributed by atoms with Crippen LogP contribution in [0.1, 0.15) is 49.7 Å². The number of hydrogen-bond acceptors (Lipinski definition) is 0. The molecule has 4 aliphatic carbocycles. The van der Waals surface area contributed by atoms with Crippen LogP contribution in [0.3, 0.4) is 0 Å². The molecular formula is C35H34. The van der Waals surface area contributed by atoms with E-state index in [0.29, 0.717) is 5.41 Å². The van der Waals surface area contributed by atoms with Gasteiger partial charge in [-0.1, -0.05) is 91.0 Å². The van der Waals surface area contributed by atoms with Crippen LogP contribution in [0.15, 0.2) is 97.1 Å². The second kappa shape index (κ2) is 8.23. The zero-order valence-electron chi connectivity index (χ0n) is 20.7. The summed E-state index contributed by atoms with van der Waals surface area (Å²) in [6, 6.07) is 36.4. The molecule has 8 rings (SSSR count). The van der Waals surface area contributed by atoms with Gasteiger partial charge in [-0.25, -0.2) is 0 Å². The van der Waals surface area contributed by atoms with E-state index in [1.807, 2.05) is 0 Å². The quantitative estimate of drug-likeness (QED) is 0.288. The molecule has 4 saturated carbocycles. The molecule has 0 amide bonds. The average Bonchev–Trinajstić information content (AvgIpc) is 2.88. The molecule has 35 heavy (non-hydrogen) atoms. The van der Waals surface area contributed by atoms with E-state index in [-0.39, 0.29) is 0 Å². The highest BCUT2D eigenvalue weighted by Gasteiger charge is 2.51. The molecule has 4 bridgehead atoms. The second-order valence-electron chi connectivity index (χ2n) is 11.8. The fourth-order valence-electron chi connectivity index (χ4n) is 8.08. The maximum atomic E-state index is 2.46. The third kappa shape index (κ3) is 3.84. The average molecular weight is 455 g/mol. The Morgan fingerprint density at radius 1 is 0.486 bits per heavy atom. The maximum Gasteiger partial charge on any atom is -0.00391 e. The van der Waals surface area contributed by atoms with Crippen LogP contribution in [0.2, 0.25) is 0 Å². The predicted octanol–water partition coefficient (Wildman–Crippen LogP) is 9.46. The summed E-state index contributed by atoms with van der Waals surface area (Å²) in [5.74, 6) is 2.99. The fourth-order valence-corrected chi connectivity index (χ4v) is 8.08. The molecule has 0 aliphatic heterocycles. The van der Waals surface area contributed by atoms with Gasteiger partial charge in [0.15, 0.2) is 0 Å². The van der Waals surface area contributed by atoms with E-state index in [4.69, 9.17) is 0 Å². The Morgan fingerprint density at radius 2 is 0.914 bits per heavy atom. The normalized spacial score (nSPS) is 26.7. The van der Waals surface area contributed by atoms with Crippen molar-refractivity contribution in [2.45, 2.75) is 50.9 Å². The molecule has 4 aromatic carbocycles. The van der Waals surface area contributed by atoms with Crippen LogP contribution in [0.5, 0.6) is 0 Å². The smallest absolute Gasteiger partial charge is 0.00391 e. The molecule has 4 aromatic rings. The van der Waals surface area contributed by atoms with Gasteiger partial charge in [0.1, 0.15) is 0 Å². The summed E-state index contributed by atoms with van der Waals surface area (Å²) in [4.78, 5) is 0. The zero-order valence-corrected chi connectivity index (χ0v) is 20.7. The van der Waals surface area contributed by atoms with Gasteiger partial charge in [-0.05, 0) is 119 Å². The molecule has 0 radical (unpaired) electrons. The van der Waals surface area contributed by atoms with Crippen LogP contribution in [-0.4, -0.2) is 0 Å². The number of hydrogen-bond donors (Lipinski definition) is 0. The van der Waals surface area contributed by atoms with Gasteiger partial charge < -0.3 is 0 Å². The van der Waals surface area contributed by atoms with Crippen molar-refractivity contribution in [3.63, 3.8) is 0 Å². The van der Waals surface area contributed by atoms with E-state index >= 15 is 0 Å². The molecule has 174 valence electrons. The standard InChI is InChI=1S/C35H34/c1-24-15-32(28-5-3-2-4-6-28)20-33(16-24)31-9-7-29(8-10-31)30-11-13-34(14-12-30)35-21-25-17-26(22-35)19-27(18-25)23-35/h2-16,20,25-27H,17-19,21-23H2,1H3. The minimum atomic E-state index is 0.485. The molecule has 0 N–H and O–H groups in total. The lowest BCUT2D eigenvalue weighted by Crippen LogP contribution is -2.48. The van der Waals surface area contributed by atoms with E-state index < -0.39 is 0 Å². The molecule has 0 saturated heterocycles. The Balaban J connectivity index is 1.14. The SMILES string of the molecule is Cc1cc(-c2ccccc2)cc(-c2ccc(-c3ccc(C45CC6CC(CC(C6)C4)C5)cc3)cc2)c1. The highest BCUT2D eigenvalue weighted by atomic mass is 14.6. The van der Waals surface area contributed by atoms with Crippen LogP contribution >= 0.6 is 0 Å². The van der Waals surface area contributed by atoms with E-state index in [2.05, 4.69) is 104 Å². The van der Waals surface area contributed by atoms with Crippen LogP contribution in [0.25, 0.3) is 33.4 Å². The van der Waals surface area contributed by atoms with Crippen LogP contribution in [-0.2, 0) is 5.41 Å². The minimum absolute atomic E-state index is 0.485. The third-order valence-corrected chi connectivity index (χ3v) is 9.27. The van der Waals surface area contributed by atoms with Crippen molar-refractivity contribution in [3.8, 4) is 33.4 Å². The van der Waals surface area contributed by atoms with E-state index in [9.17, 15) is 0 Å². The molecule has 4 fully saturated rings. The Kier molecular flexibility index (Phi) is 4.98. The van der Waals surface area contributed by atoms with Gasteiger partial charge in [0.25, 0.3) is 0 Å². The molecule has 0 unspecified atom stereocenters. The van der Waals surface area contributed by atoms with Crippen molar-refractivity contribution in [1.82, 2.24) is 0 Å². The number of aryl methyl sites for hydroxylation is 1. The van der Waals surface area contributed by atoms with Gasteiger partial charge in [-0.15, -0.1) is 0 Å². The van der Waals surface area contributed by atoms with Crippen LogP contribution in [0.4, 0.5) is 0 Å². The van der Waals surface area contributed by atoms with Crippen LogP contribution in [0, 0.1) is 24.7 Å². The van der Waals surface area contributed by atoms with E-state index in [1.165, 1.54) is 77.5 Å².